The van der Waals surface area contributed by atoms with E-state index in [0.29, 0.717) is 12.1 Å². The highest BCUT2D eigenvalue weighted by molar-refractivity contribution is 7.91. The Hall–Kier alpha value is -1.63. The second-order valence-electron chi connectivity index (χ2n) is 4.43. The van der Waals surface area contributed by atoms with Crippen molar-refractivity contribution in [2.75, 3.05) is 23.9 Å². The summed E-state index contributed by atoms with van der Waals surface area (Å²) in [5.74, 6) is -1.23. The van der Waals surface area contributed by atoms with E-state index in [4.69, 9.17) is 0 Å². The van der Waals surface area contributed by atoms with E-state index in [9.17, 15) is 17.6 Å². The van der Waals surface area contributed by atoms with E-state index in [0.717, 1.165) is 6.07 Å². The van der Waals surface area contributed by atoms with E-state index in [1.54, 1.807) is 0 Å². The maximum atomic E-state index is 13.4. The lowest BCUT2D eigenvalue weighted by molar-refractivity contribution is 0.0595. The van der Waals surface area contributed by atoms with Crippen LogP contribution in [0, 0.1) is 5.82 Å². The Balaban J connectivity index is 2.16. The molecule has 1 aliphatic heterocycles. The summed E-state index contributed by atoms with van der Waals surface area (Å²) in [5.41, 5.74) is 0.331. The topological polar surface area (TPSA) is 72.5 Å². The smallest absolute Gasteiger partial charge is 0.340 e. The fourth-order valence-electron chi connectivity index (χ4n) is 2.03. The quantitative estimate of drug-likeness (QED) is 0.846. The van der Waals surface area contributed by atoms with E-state index in [-0.39, 0.29) is 23.1 Å². The molecule has 1 atom stereocenters. The zero-order chi connectivity index (χ0) is 14.0. The predicted octanol–water partition coefficient (Wildman–Crippen LogP) is 1.21. The SMILES string of the molecule is COC(=O)c1cc(NC2CCS(=O)(=O)C2)ccc1F. The van der Waals surface area contributed by atoms with Crippen LogP contribution in [0.2, 0.25) is 0 Å². The largest absolute Gasteiger partial charge is 0.465 e. The van der Waals surface area contributed by atoms with Crippen molar-refractivity contribution in [1.82, 2.24) is 0 Å². The maximum Gasteiger partial charge on any atom is 0.340 e. The number of hydrogen-bond acceptors (Lipinski definition) is 5. The first kappa shape index (κ1) is 13.8. The van der Waals surface area contributed by atoms with Crippen LogP contribution in [-0.4, -0.2) is 39.0 Å². The van der Waals surface area contributed by atoms with Gasteiger partial charge in [-0.15, -0.1) is 0 Å². The van der Waals surface area contributed by atoms with Crippen molar-refractivity contribution in [2.24, 2.45) is 0 Å². The molecule has 1 aromatic carbocycles. The van der Waals surface area contributed by atoms with Crippen LogP contribution in [0.5, 0.6) is 0 Å². The van der Waals surface area contributed by atoms with E-state index < -0.39 is 21.6 Å². The molecule has 0 radical (unpaired) electrons. The minimum atomic E-state index is -2.98. The molecule has 1 fully saturated rings. The molecule has 5 nitrogen and oxygen atoms in total. The third-order valence-electron chi connectivity index (χ3n) is 2.97. The number of methoxy groups -OCH3 is 1. The molecule has 0 aromatic heterocycles. The number of sulfone groups is 1. The van der Waals surface area contributed by atoms with Crippen molar-refractivity contribution in [3.8, 4) is 0 Å². The lowest BCUT2D eigenvalue weighted by Crippen LogP contribution is -2.20. The molecule has 0 saturated carbocycles. The zero-order valence-electron chi connectivity index (χ0n) is 10.3. The third kappa shape index (κ3) is 3.23. The molecular formula is C12H14FNO4S. The number of hydrogen-bond donors (Lipinski definition) is 1. The highest BCUT2D eigenvalue weighted by Gasteiger charge is 2.27. The normalized spacial score (nSPS) is 21.1. The first-order valence-electron chi connectivity index (χ1n) is 5.76. The van der Waals surface area contributed by atoms with Crippen molar-refractivity contribution >= 4 is 21.5 Å². The number of benzene rings is 1. The Bertz CT molecular complexity index is 600. The minimum absolute atomic E-state index is 0.0535. The summed E-state index contributed by atoms with van der Waals surface area (Å²) in [5, 5.41) is 2.99. The number of ether oxygens (including phenoxy) is 1. The van der Waals surface area contributed by atoms with Gasteiger partial charge in [-0.05, 0) is 24.6 Å². The first-order valence-corrected chi connectivity index (χ1v) is 7.58. The van der Waals surface area contributed by atoms with Gasteiger partial charge in [-0.1, -0.05) is 0 Å². The van der Waals surface area contributed by atoms with Crippen LogP contribution in [0.1, 0.15) is 16.8 Å². The molecule has 1 saturated heterocycles. The van der Waals surface area contributed by atoms with Gasteiger partial charge >= 0.3 is 5.97 Å². The van der Waals surface area contributed by atoms with Crippen molar-refractivity contribution in [3.05, 3.63) is 29.6 Å². The van der Waals surface area contributed by atoms with Crippen LogP contribution < -0.4 is 5.32 Å². The molecule has 0 spiro atoms. The van der Waals surface area contributed by atoms with E-state index in [1.165, 1.54) is 19.2 Å². The fraction of sp³-hybridized carbons (Fsp3) is 0.417. The molecule has 7 heteroatoms. The summed E-state index contributed by atoms with van der Waals surface area (Å²) in [7, 11) is -1.81. The molecule has 0 bridgehead atoms. The molecule has 1 aromatic rings. The average Bonchev–Trinajstić information content (AvgIpc) is 2.70. The number of rotatable bonds is 3. The summed E-state index contributed by atoms with van der Waals surface area (Å²) in [4.78, 5) is 11.3. The van der Waals surface area contributed by atoms with E-state index in [2.05, 4.69) is 10.1 Å². The molecule has 1 heterocycles. The summed E-state index contributed by atoms with van der Waals surface area (Å²) < 4.78 is 40.6. The fourth-order valence-corrected chi connectivity index (χ4v) is 3.70. The summed E-state index contributed by atoms with van der Waals surface area (Å²) in [6.45, 7) is 0. The molecule has 1 aliphatic rings. The highest BCUT2D eigenvalue weighted by atomic mass is 32.2. The number of anilines is 1. The standard InChI is InChI=1S/C12H14FNO4S/c1-18-12(15)10-6-8(2-3-11(10)13)14-9-4-5-19(16,17)7-9/h2-3,6,9,14H,4-5,7H2,1H3. The van der Waals surface area contributed by atoms with Crippen molar-refractivity contribution in [1.29, 1.82) is 0 Å². The van der Waals surface area contributed by atoms with Crippen molar-refractivity contribution < 1.29 is 22.3 Å². The van der Waals surface area contributed by atoms with Gasteiger partial charge < -0.3 is 10.1 Å². The van der Waals surface area contributed by atoms with Gasteiger partial charge in [0.2, 0.25) is 0 Å². The monoisotopic (exact) mass is 287 g/mol. The summed E-state index contributed by atoms with van der Waals surface area (Å²) >= 11 is 0. The number of carbonyl (C=O) groups is 1. The van der Waals surface area contributed by atoms with Gasteiger partial charge in [0.1, 0.15) is 5.82 Å². The van der Waals surface area contributed by atoms with Crippen molar-refractivity contribution in [2.45, 2.75) is 12.5 Å². The lowest BCUT2D eigenvalue weighted by atomic mass is 10.1. The molecule has 1 unspecified atom stereocenters. The van der Waals surface area contributed by atoms with Crippen LogP contribution in [0.25, 0.3) is 0 Å². The maximum absolute atomic E-state index is 13.4. The Labute approximate surface area is 110 Å². The van der Waals surface area contributed by atoms with E-state index in [1.807, 2.05) is 0 Å². The zero-order valence-corrected chi connectivity index (χ0v) is 11.2. The van der Waals surface area contributed by atoms with Gasteiger partial charge in [-0.2, -0.15) is 0 Å². The molecule has 0 amide bonds. The number of carbonyl (C=O) groups excluding carboxylic acids is 1. The minimum Gasteiger partial charge on any atom is -0.465 e. The predicted molar refractivity (Wildman–Crippen MR) is 68.4 cm³/mol. The van der Waals surface area contributed by atoms with Gasteiger partial charge in [-0.25, -0.2) is 17.6 Å². The molecule has 104 valence electrons. The Morgan fingerprint density at radius 1 is 1.47 bits per heavy atom. The Kier molecular flexibility index (Phi) is 3.75. The Morgan fingerprint density at radius 2 is 2.21 bits per heavy atom. The summed E-state index contributed by atoms with van der Waals surface area (Å²) in [6.07, 6.45) is 0.507. The number of esters is 1. The number of nitrogens with one attached hydrogen (secondary N) is 1. The van der Waals surface area contributed by atoms with Gasteiger partial charge in [0.15, 0.2) is 9.84 Å². The van der Waals surface area contributed by atoms with Crippen LogP contribution >= 0.6 is 0 Å². The third-order valence-corrected chi connectivity index (χ3v) is 4.74. The van der Waals surface area contributed by atoms with Gasteiger partial charge in [0.05, 0.1) is 24.2 Å². The van der Waals surface area contributed by atoms with Crippen LogP contribution in [0.15, 0.2) is 18.2 Å². The van der Waals surface area contributed by atoms with Crippen LogP contribution in [0.3, 0.4) is 0 Å². The van der Waals surface area contributed by atoms with Crippen molar-refractivity contribution in [3.63, 3.8) is 0 Å². The molecule has 19 heavy (non-hydrogen) atoms. The summed E-state index contributed by atoms with van der Waals surface area (Å²) in [6, 6.07) is 3.73. The molecular weight excluding hydrogens is 273 g/mol. The van der Waals surface area contributed by atoms with Gasteiger partial charge in [0.25, 0.3) is 0 Å². The van der Waals surface area contributed by atoms with Gasteiger partial charge in [-0.3, -0.25) is 0 Å². The van der Waals surface area contributed by atoms with Crippen LogP contribution in [-0.2, 0) is 14.6 Å². The van der Waals surface area contributed by atoms with Gasteiger partial charge in [0, 0.05) is 11.7 Å². The second-order valence-corrected chi connectivity index (χ2v) is 6.66. The number of halogens is 1. The lowest BCUT2D eigenvalue weighted by Gasteiger charge is -2.13. The van der Waals surface area contributed by atoms with E-state index >= 15 is 0 Å². The molecule has 0 aliphatic carbocycles. The second kappa shape index (κ2) is 5.16. The molecule has 1 N–H and O–H groups in total. The molecule has 2 rings (SSSR count). The highest BCUT2D eigenvalue weighted by Crippen LogP contribution is 2.20. The average molecular weight is 287 g/mol. The van der Waals surface area contributed by atoms with Crippen LogP contribution in [0.4, 0.5) is 10.1 Å². The Morgan fingerprint density at radius 3 is 2.79 bits per heavy atom. The first-order chi connectivity index (χ1) is 8.91.